The van der Waals surface area contributed by atoms with E-state index in [0.29, 0.717) is 11.8 Å². The number of hydrogen-bond acceptors (Lipinski definition) is 3. The number of amides is 1. The maximum atomic E-state index is 12.2. The molecule has 0 aromatic carbocycles. The summed E-state index contributed by atoms with van der Waals surface area (Å²) >= 11 is 7.94. The Morgan fingerprint density at radius 2 is 2.15 bits per heavy atom. The fraction of sp³-hybridized carbons (Fsp3) is 0.643. The van der Waals surface area contributed by atoms with Crippen LogP contribution in [0.4, 0.5) is 4.79 Å². The van der Waals surface area contributed by atoms with Crippen LogP contribution in [0.15, 0.2) is 4.47 Å². The Morgan fingerprint density at radius 3 is 2.80 bits per heavy atom. The normalized spacial score (nSPS) is 24.8. The summed E-state index contributed by atoms with van der Waals surface area (Å²) in [6.45, 7) is 7.37. The summed E-state index contributed by atoms with van der Waals surface area (Å²) in [7, 11) is 0. The maximum Gasteiger partial charge on any atom is 0.410 e. The second-order valence-electron chi connectivity index (χ2n) is 6.49. The molecule has 0 bridgehead atoms. The molecule has 1 saturated heterocycles. The number of thiophene rings is 1. The zero-order valence-corrected chi connectivity index (χ0v) is 16.3. The standard InChI is InChI=1S/C14H17BrINO2S/c1-14(2,3)19-13(18)17-5-7-4-8-10(15)12(16)20-11(8)9(7)6-17/h7,9H,4-6H2,1-3H3. The van der Waals surface area contributed by atoms with Gasteiger partial charge < -0.3 is 9.64 Å². The molecule has 1 fully saturated rings. The zero-order chi connectivity index (χ0) is 14.7. The lowest BCUT2D eigenvalue weighted by molar-refractivity contribution is 0.0286. The number of carbonyl (C=O) groups is 1. The van der Waals surface area contributed by atoms with Gasteiger partial charge in [0.1, 0.15) is 5.60 Å². The highest BCUT2D eigenvalue weighted by molar-refractivity contribution is 14.1. The SMILES string of the molecule is CC(C)(C)OC(=O)N1CC2Cc3c(sc(I)c3Br)C2C1. The Balaban J connectivity index is 1.74. The molecule has 2 heterocycles. The molecule has 0 saturated carbocycles. The lowest BCUT2D eigenvalue weighted by Gasteiger charge is -2.24. The number of carbonyl (C=O) groups excluding carboxylic acids is 1. The number of rotatable bonds is 0. The van der Waals surface area contributed by atoms with E-state index in [-0.39, 0.29) is 6.09 Å². The number of nitrogens with zero attached hydrogens (tertiary/aromatic N) is 1. The number of ether oxygens (including phenoxy) is 1. The highest BCUT2D eigenvalue weighted by Gasteiger charge is 2.44. The Hall–Kier alpha value is 0.180. The summed E-state index contributed by atoms with van der Waals surface area (Å²) < 4.78 is 8.08. The molecule has 2 aliphatic rings. The molecule has 0 radical (unpaired) electrons. The topological polar surface area (TPSA) is 29.5 Å². The summed E-state index contributed by atoms with van der Waals surface area (Å²) in [5, 5.41) is 0. The zero-order valence-electron chi connectivity index (χ0n) is 11.7. The van der Waals surface area contributed by atoms with Crippen molar-refractivity contribution in [2.45, 2.75) is 38.7 Å². The van der Waals surface area contributed by atoms with Gasteiger partial charge in [-0.1, -0.05) is 0 Å². The third-order valence-corrected chi connectivity index (χ3v) is 8.06. The number of likely N-dealkylation sites (tertiary alicyclic amines) is 1. The minimum Gasteiger partial charge on any atom is -0.444 e. The summed E-state index contributed by atoms with van der Waals surface area (Å²) in [6.07, 6.45) is 0.915. The third-order valence-electron chi connectivity index (χ3n) is 3.83. The van der Waals surface area contributed by atoms with Gasteiger partial charge in [-0.25, -0.2) is 4.79 Å². The van der Waals surface area contributed by atoms with Crippen LogP contribution in [0.2, 0.25) is 0 Å². The second-order valence-corrected chi connectivity index (χ2v) is 10.1. The smallest absolute Gasteiger partial charge is 0.410 e. The first-order valence-electron chi connectivity index (χ1n) is 6.70. The minimum absolute atomic E-state index is 0.168. The van der Waals surface area contributed by atoms with Crippen molar-refractivity contribution in [1.29, 1.82) is 0 Å². The first-order valence-corrected chi connectivity index (χ1v) is 9.39. The van der Waals surface area contributed by atoms with Gasteiger partial charge in [-0.05, 0) is 77.2 Å². The van der Waals surface area contributed by atoms with Crippen molar-refractivity contribution in [3.63, 3.8) is 0 Å². The first kappa shape index (κ1) is 15.1. The van der Waals surface area contributed by atoms with Crippen molar-refractivity contribution >= 4 is 56.0 Å². The largest absolute Gasteiger partial charge is 0.444 e. The molecular formula is C14H17BrINO2S. The van der Waals surface area contributed by atoms with E-state index in [0.717, 1.165) is 19.5 Å². The van der Waals surface area contributed by atoms with Gasteiger partial charge in [0.05, 0.1) is 2.88 Å². The Bertz CT molecular complexity index is 566. The van der Waals surface area contributed by atoms with Gasteiger partial charge in [-0.2, -0.15) is 0 Å². The van der Waals surface area contributed by atoms with Crippen molar-refractivity contribution in [3.05, 3.63) is 17.8 Å². The van der Waals surface area contributed by atoms with Gasteiger partial charge in [0.15, 0.2) is 0 Å². The first-order chi connectivity index (χ1) is 9.26. The van der Waals surface area contributed by atoms with Crippen LogP contribution in [0.5, 0.6) is 0 Å². The monoisotopic (exact) mass is 469 g/mol. The maximum absolute atomic E-state index is 12.2. The van der Waals surface area contributed by atoms with Crippen molar-refractivity contribution < 1.29 is 9.53 Å². The Kier molecular flexibility index (Phi) is 3.86. The molecule has 20 heavy (non-hydrogen) atoms. The number of fused-ring (bicyclic) bond motifs is 3. The van der Waals surface area contributed by atoms with Crippen LogP contribution in [0, 0.1) is 8.80 Å². The van der Waals surface area contributed by atoms with Gasteiger partial charge in [-0.15, -0.1) is 11.3 Å². The average molecular weight is 470 g/mol. The van der Waals surface area contributed by atoms with E-state index in [9.17, 15) is 4.79 Å². The highest BCUT2D eigenvalue weighted by Crippen LogP contribution is 2.50. The van der Waals surface area contributed by atoms with Gasteiger partial charge in [0.25, 0.3) is 0 Å². The van der Waals surface area contributed by atoms with E-state index < -0.39 is 5.60 Å². The minimum atomic E-state index is -0.415. The molecule has 0 spiro atoms. The van der Waals surface area contributed by atoms with E-state index in [1.54, 1.807) is 0 Å². The van der Waals surface area contributed by atoms with Crippen LogP contribution in [0.1, 0.15) is 37.1 Å². The predicted octanol–water partition coefficient (Wildman–Crippen LogP) is 4.62. The molecule has 1 amide bonds. The Labute approximate surface area is 145 Å². The fourth-order valence-electron chi connectivity index (χ4n) is 3.03. The Morgan fingerprint density at radius 1 is 1.45 bits per heavy atom. The molecule has 1 aliphatic carbocycles. The predicted molar refractivity (Wildman–Crippen MR) is 92.5 cm³/mol. The molecule has 3 rings (SSSR count). The molecule has 6 heteroatoms. The van der Waals surface area contributed by atoms with Crippen LogP contribution in [0.3, 0.4) is 0 Å². The molecule has 110 valence electrons. The summed E-state index contributed by atoms with van der Waals surface area (Å²) in [4.78, 5) is 15.5. The lowest BCUT2D eigenvalue weighted by Crippen LogP contribution is -2.35. The van der Waals surface area contributed by atoms with Gasteiger partial charge in [-0.3, -0.25) is 0 Å². The van der Waals surface area contributed by atoms with E-state index in [2.05, 4.69) is 38.5 Å². The summed E-state index contributed by atoms with van der Waals surface area (Å²) in [5.41, 5.74) is 1.06. The second kappa shape index (κ2) is 5.12. The molecule has 1 aliphatic heterocycles. The molecule has 2 atom stereocenters. The number of hydrogen-bond donors (Lipinski definition) is 0. The van der Waals surface area contributed by atoms with E-state index in [1.165, 1.54) is 17.8 Å². The number of halogens is 2. The van der Waals surface area contributed by atoms with Gasteiger partial charge in [0, 0.05) is 28.4 Å². The van der Waals surface area contributed by atoms with E-state index in [4.69, 9.17) is 4.74 Å². The van der Waals surface area contributed by atoms with Crippen molar-refractivity contribution in [2.24, 2.45) is 5.92 Å². The molecule has 1 aromatic heterocycles. The third kappa shape index (κ3) is 2.63. The molecule has 3 nitrogen and oxygen atoms in total. The van der Waals surface area contributed by atoms with Crippen LogP contribution in [-0.4, -0.2) is 29.7 Å². The molecule has 1 aromatic rings. The quantitative estimate of drug-likeness (QED) is 0.519. The average Bonchev–Trinajstić information content (AvgIpc) is 2.91. The van der Waals surface area contributed by atoms with Gasteiger partial charge >= 0.3 is 6.09 Å². The summed E-state index contributed by atoms with van der Waals surface area (Å²) in [6, 6.07) is 0. The van der Waals surface area contributed by atoms with Crippen molar-refractivity contribution in [3.8, 4) is 0 Å². The fourth-order valence-corrected chi connectivity index (χ4v) is 5.95. The van der Waals surface area contributed by atoms with E-state index >= 15 is 0 Å². The lowest BCUT2D eigenvalue weighted by atomic mass is 10.0. The van der Waals surface area contributed by atoms with Crippen molar-refractivity contribution in [2.75, 3.05) is 13.1 Å². The van der Waals surface area contributed by atoms with Crippen LogP contribution in [-0.2, 0) is 11.2 Å². The highest BCUT2D eigenvalue weighted by atomic mass is 127. The summed E-state index contributed by atoms with van der Waals surface area (Å²) in [5.74, 6) is 1.07. The van der Waals surface area contributed by atoms with E-state index in [1.807, 2.05) is 37.0 Å². The van der Waals surface area contributed by atoms with Gasteiger partial charge in [0.2, 0.25) is 0 Å². The van der Waals surface area contributed by atoms with Crippen LogP contribution >= 0.6 is 49.9 Å². The molecular weight excluding hydrogens is 453 g/mol. The van der Waals surface area contributed by atoms with Crippen LogP contribution < -0.4 is 0 Å². The van der Waals surface area contributed by atoms with Crippen molar-refractivity contribution in [1.82, 2.24) is 4.90 Å². The molecule has 0 N–H and O–H groups in total. The van der Waals surface area contributed by atoms with Crippen LogP contribution in [0.25, 0.3) is 0 Å². The molecule has 2 unspecified atom stereocenters.